The lowest BCUT2D eigenvalue weighted by atomic mass is 9.83. The van der Waals surface area contributed by atoms with Gasteiger partial charge >= 0.3 is 0 Å². The van der Waals surface area contributed by atoms with Crippen LogP contribution in [0.15, 0.2) is 24.3 Å². The van der Waals surface area contributed by atoms with Gasteiger partial charge < -0.3 is 5.32 Å². The molecule has 0 aromatic heterocycles. The molecule has 1 aliphatic heterocycles. The molecule has 2 aliphatic rings. The van der Waals surface area contributed by atoms with Crippen LogP contribution in [0.1, 0.15) is 38.3 Å². The number of benzene rings is 1. The van der Waals surface area contributed by atoms with E-state index in [-0.39, 0.29) is 5.41 Å². The van der Waals surface area contributed by atoms with Crippen LogP contribution < -0.4 is 5.32 Å². The zero-order valence-electron chi connectivity index (χ0n) is 10.5. The van der Waals surface area contributed by atoms with E-state index in [1.54, 1.807) is 5.56 Å². The van der Waals surface area contributed by atoms with Crippen molar-refractivity contribution < 1.29 is 0 Å². The molecule has 0 radical (unpaired) electrons. The van der Waals surface area contributed by atoms with Gasteiger partial charge in [-0.15, -0.1) is 0 Å². The summed E-state index contributed by atoms with van der Waals surface area (Å²) in [5.41, 5.74) is 3.80. The molecule has 86 valence electrons. The van der Waals surface area contributed by atoms with Gasteiger partial charge in [0, 0.05) is 12.0 Å². The highest BCUT2D eigenvalue weighted by atomic mass is 15.0. The first-order valence-electron chi connectivity index (χ1n) is 6.34. The van der Waals surface area contributed by atoms with Crippen LogP contribution in [0.3, 0.4) is 0 Å². The van der Waals surface area contributed by atoms with Gasteiger partial charge in [-0.1, -0.05) is 45.0 Å². The van der Waals surface area contributed by atoms with Crippen LogP contribution in [-0.2, 0) is 10.8 Å². The second kappa shape index (κ2) is 3.10. The van der Waals surface area contributed by atoms with Crippen molar-refractivity contribution in [2.75, 3.05) is 13.1 Å². The average Bonchev–Trinajstić information content (AvgIpc) is 2.81. The van der Waals surface area contributed by atoms with Crippen LogP contribution in [0.2, 0.25) is 0 Å². The summed E-state index contributed by atoms with van der Waals surface area (Å²) >= 11 is 0. The van der Waals surface area contributed by atoms with E-state index in [0.29, 0.717) is 5.41 Å². The van der Waals surface area contributed by atoms with Gasteiger partial charge in [0.05, 0.1) is 0 Å². The molecular formula is C15H21N. The second-order valence-electron chi connectivity index (χ2n) is 6.52. The fraction of sp³-hybridized carbons (Fsp3) is 0.600. The second-order valence-corrected chi connectivity index (χ2v) is 6.52. The van der Waals surface area contributed by atoms with Crippen molar-refractivity contribution in [2.24, 2.45) is 5.92 Å². The van der Waals surface area contributed by atoms with Gasteiger partial charge in [0.25, 0.3) is 0 Å². The van der Waals surface area contributed by atoms with Gasteiger partial charge in [-0.25, -0.2) is 0 Å². The Labute approximate surface area is 98.3 Å². The standard InChI is InChI=1S/C15H21N/c1-14(2,3)11-5-4-6-12(7-11)15-8-13(15)9-16-10-15/h4-7,13,16H,8-10H2,1-3H3. The summed E-state index contributed by atoms with van der Waals surface area (Å²) in [6.45, 7) is 9.29. The highest BCUT2D eigenvalue weighted by Gasteiger charge is 2.57. The molecule has 0 amide bonds. The Morgan fingerprint density at radius 1 is 1.31 bits per heavy atom. The van der Waals surface area contributed by atoms with Crippen molar-refractivity contribution in [3.8, 4) is 0 Å². The van der Waals surface area contributed by atoms with Gasteiger partial charge in [-0.05, 0) is 35.4 Å². The maximum absolute atomic E-state index is 3.52. The van der Waals surface area contributed by atoms with E-state index in [0.717, 1.165) is 5.92 Å². The molecule has 1 aliphatic carbocycles. The van der Waals surface area contributed by atoms with E-state index in [4.69, 9.17) is 0 Å². The third-order valence-electron chi connectivity index (χ3n) is 4.37. The van der Waals surface area contributed by atoms with Crippen molar-refractivity contribution in [3.05, 3.63) is 35.4 Å². The fourth-order valence-electron chi connectivity index (χ4n) is 3.09. The van der Waals surface area contributed by atoms with E-state index in [9.17, 15) is 0 Å². The number of nitrogens with one attached hydrogen (secondary N) is 1. The van der Waals surface area contributed by atoms with Crippen molar-refractivity contribution in [3.63, 3.8) is 0 Å². The zero-order valence-corrected chi connectivity index (χ0v) is 10.5. The van der Waals surface area contributed by atoms with Gasteiger partial charge in [-0.2, -0.15) is 0 Å². The Morgan fingerprint density at radius 3 is 2.69 bits per heavy atom. The summed E-state index contributed by atoms with van der Waals surface area (Å²) in [5.74, 6) is 0.905. The third kappa shape index (κ3) is 1.41. The summed E-state index contributed by atoms with van der Waals surface area (Å²) in [6, 6.07) is 9.26. The average molecular weight is 215 g/mol. The van der Waals surface area contributed by atoms with E-state index in [2.05, 4.69) is 50.4 Å². The summed E-state index contributed by atoms with van der Waals surface area (Å²) in [5, 5.41) is 3.52. The summed E-state index contributed by atoms with van der Waals surface area (Å²) in [7, 11) is 0. The Bertz CT molecular complexity index is 416. The quantitative estimate of drug-likeness (QED) is 0.759. The maximum atomic E-state index is 3.52. The predicted molar refractivity (Wildman–Crippen MR) is 67.8 cm³/mol. The van der Waals surface area contributed by atoms with Crippen molar-refractivity contribution in [1.29, 1.82) is 0 Å². The highest BCUT2D eigenvalue weighted by molar-refractivity contribution is 5.40. The third-order valence-corrected chi connectivity index (χ3v) is 4.37. The molecule has 3 rings (SSSR count). The van der Waals surface area contributed by atoms with Crippen LogP contribution in [0.25, 0.3) is 0 Å². The van der Waals surface area contributed by atoms with Crippen LogP contribution >= 0.6 is 0 Å². The summed E-state index contributed by atoms with van der Waals surface area (Å²) < 4.78 is 0. The molecule has 1 saturated heterocycles. The number of hydrogen-bond donors (Lipinski definition) is 1. The molecule has 1 nitrogen and oxygen atoms in total. The molecule has 1 N–H and O–H groups in total. The highest BCUT2D eigenvalue weighted by Crippen LogP contribution is 2.56. The lowest BCUT2D eigenvalue weighted by molar-refractivity contribution is 0.586. The molecule has 1 heteroatoms. The van der Waals surface area contributed by atoms with Gasteiger partial charge in [-0.3, -0.25) is 0 Å². The number of fused-ring (bicyclic) bond motifs is 1. The molecule has 0 spiro atoms. The number of rotatable bonds is 1. The van der Waals surface area contributed by atoms with Crippen molar-refractivity contribution >= 4 is 0 Å². The molecule has 16 heavy (non-hydrogen) atoms. The predicted octanol–water partition coefficient (Wildman–Crippen LogP) is 2.85. The van der Waals surface area contributed by atoms with Crippen LogP contribution in [-0.4, -0.2) is 13.1 Å². The molecule has 1 aromatic rings. The van der Waals surface area contributed by atoms with Crippen molar-refractivity contribution in [2.45, 2.75) is 38.0 Å². The molecule has 1 saturated carbocycles. The SMILES string of the molecule is CC(C)(C)c1cccc(C23CNCC2C3)c1. The monoisotopic (exact) mass is 215 g/mol. The molecule has 1 aromatic carbocycles. The molecule has 1 heterocycles. The topological polar surface area (TPSA) is 12.0 Å². The lowest BCUT2D eigenvalue weighted by Gasteiger charge is -2.22. The summed E-state index contributed by atoms with van der Waals surface area (Å²) in [6.07, 6.45) is 1.40. The Morgan fingerprint density at radius 2 is 2.12 bits per heavy atom. The number of piperidine rings is 1. The Balaban J connectivity index is 1.98. The number of hydrogen-bond acceptors (Lipinski definition) is 1. The first kappa shape index (κ1) is 10.3. The summed E-state index contributed by atoms with van der Waals surface area (Å²) in [4.78, 5) is 0. The normalized spacial score (nSPS) is 32.6. The van der Waals surface area contributed by atoms with E-state index in [1.165, 1.54) is 25.1 Å². The van der Waals surface area contributed by atoms with Gasteiger partial charge in [0.1, 0.15) is 0 Å². The molecule has 2 fully saturated rings. The Kier molecular flexibility index (Phi) is 2.00. The van der Waals surface area contributed by atoms with Gasteiger partial charge in [0.2, 0.25) is 0 Å². The fourth-order valence-corrected chi connectivity index (χ4v) is 3.09. The van der Waals surface area contributed by atoms with E-state index in [1.807, 2.05) is 0 Å². The minimum absolute atomic E-state index is 0.267. The van der Waals surface area contributed by atoms with E-state index >= 15 is 0 Å². The molecular weight excluding hydrogens is 194 g/mol. The van der Waals surface area contributed by atoms with E-state index < -0.39 is 0 Å². The van der Waals surface area contributed by atoms with Crippen LogP contribution in [0, 0.1) is 5.92 Å². The largest absolute Gasteiger partial charge is 0.316 e. The first-order chi connectivity index (χ1) is 7.52. The smallest absolute Gasteiger partial charge is 0.0122 e. The first-order valence-corrected chi connectivity index (χ1v) is 6.34. The molecule has 0 bridgehead atoms. The molecule has 2 unspecified atom stereocenters. The zero-order chi connectivity index (χ0) is 11.4. The molecule has 2 atom stereocenters. The van der Waals surface area contributed by atoms with Crippen LogP contribution in [0.5, 0.6) is 0 Å². The van der Waals surface area contributed by atoms with Gasteiger partial charge in [0.15, 0.2) is 0 Å². The Hall–Kier alpha value is -0.820. The minimum atomic E-state index is 0.267. The van der Waals surface area contributed by atoms with Crippen LogP contribution in [0.4, 0.5) is 0 Å². The lowest BCUT2D eigenvalue weighted by Crippen LogP contribution is -2.20. The maximum Gasteiger partial charge on any atom is 0.0122 e. The van der Waals surface area contributed by atoms with Crippen molar-refractivity contribution in [1.82, 2.24) is 5.32 Å². The minimum Gasteiger partial charge on any atom is -0.316 e.